The average molecular weight is 261 g/mol. The van der Waals surface area contributed by atoms with E-state index in [1.807, 2.05) is 0 Å². The standard InChI is InChI=1S/C13H24N2O.ClH/c14-13-2-1-11-7-15(8-12(11)13)5-3-10-4-6-16-9-10;/h10-13H,1-9,14H2;1H. The van der Waals surface area contributed by atoms with Gasteiger partial charge in [0.05, 0.1) is 0 Å². The Bertz CT molecular complexity index is 246. The van der Waals surface area contributed by atoms with Gasteiger partial charge >= 0.3 is 0 Å². The SMILES string of the molecule is Cl.NC1CCC2CN(CCC3CCOC3)CC12. The molecular formula is C13H25ClN2O. The molecule has 3 nitrogen and oxygen atoms in total. The van der Waals surface area contributed by atoms with Gasteiger partial charge in [-0.3, -0.25) is 0 Å². The topological polar surface area (TPSA) is 38.5 Å². The largest absolute Gasteiger partial charge is 0.381 e. The van der Waals surface area contributed by atoms with Gasteiger partial charge in [0, 0.05) is 32.3 Å². The lowest BCUT2D eigenvalue weighted by atomic mass is 9.98. The van der Waals surface area contributed by atoms with Crippen LogP contribution in [0.2, 0.25) is 0 Å². The lowest BCUT2D eigenvalue weighted by Gasteiger charge is -2.19. The first-order valence-electron chi connectivity index (χ1n) is 6.88. The molecule has 2 N–H and O–H groups in total. The van der Waals surface area contributed by atoms with E-state index in [1.165, 1.54) is 45.3 Å². The van der Waals surface area contributed by atoms with Crippen molar-refractivity contribution in [2.75, 3.05) is 32.8 Å². The maximum atomic E-state index is 6.15. The Kier molecular flexibility index (Phi) is 4.70. The number of halogens is 1. The number of hydrogen-bond donors (Lipinski definition) is 1. The minimum atomic E-state index is 0. The fraction of sp³-hybridized carbons (Fsp3) is 1.00. The Hall–Kier alpha value is 0.170. The first-order chi connectivity index (χ1) is 7.83. The number of rotatable bonds is 3. The molecule has 3 rings (SSSR count). The van der Waals surface area contributed by atoms with Gasteiger partial charge in [0.2, 0.25) is 0 Å². The van der Waals surface area contributed by atoms with Crippen molar-refractivity contribution in [3.63, 3.8) is 0 Å². The zero-order valence-corrected chi connectivity index (χ0v) is 11.3. The highest BCUT2D eigenvalue weighted by molar-refractivity contribution is 5.85. The Morgan fingerprint density at radius 3 is 2.76 bits per heavy atom. The van der Waals surface area contributed by atoms with Gasteiger partial charge in [-0.2, -0.15) is 0 Å². The van der Waals surface area contributed by atoms with Gasteiger partial charge in [-0.15, -0.1) is 12.4 Å². The van der Waals surface area contributed by atoms with Crippen LogP contribution in [0.3, 0.4) is 0 Å². The van der Waals surface area contributed by atoms with Crippen LogP contribution in [-0.4, -0.2) is 43.8 Å². The minimum absolute atomic E-state index is 0. The summed E-state index contributed by atoms with van der Waals surface area (Å²) in [5.41, 5.74) is 6.15. The van der Waals surface area contributed by atoms with Crippen LogP contribution in [0.15, 0.2) is 0 Å². The predicted octanol–water partition coefficient (Wildman–Crippen LogP) is 1.50. The van der Waals surface area contributed by atoms with Crippen molar-refractivity contribution in [1.82, 2.24) is 4.90 Å². The summed E-state index contributed by atoms with van der Waals surface area (Å²) >= 11 is 0. The molecule has 0 amide bonds. The molecule has 3 aliphatic rings. The fourth-order valence-electron chi connectivity index (χ4n) is 3.76. The van der Waals surface area contributed by atoms with Crippen molar-refractivity contribution in [3.8, 4) is 0 Å². The predicted molar refractivity (Wildman–Crippen MR) is 71.4 cm³/mol. The van der Waals surface area contributed by atoms with Crippen molar-refractivity contribution in [1.29, 1.82) is 0 Å². The summed E-state index contributed by atoms with van der Waals surface area (Å²) in [5, 5.41) is 0. The van der Waals surface area contributed by atoms with E-state index >= 15 is 0 Å². The van der Waals surface area contributed by atoms with Crippen molar-refractivity contribution >= 4 is 12.4 Å². The lowest BCUT2D eigenvalue weighted by molar-refractivity contribution is 0.179. The molecule has 1 saturated carbocycles. The van der Waals surface area contributed by atoms with Crippen LogP contribution in [-0.2, 0) is 4.74 Å². The molecule has 3 fully saturated rings. The van der Waals surface area contributed by atoms with E-state index < -0.39 is 0 Å². The summed E-state index contributed by atoms with van der Waals surface area (Å²) in [6, 6.07) is 0.491. The number of nitrogens with zero attached hydrogens (tertiary/aromatic N) is 1. The third kappa shape index (κ3) is 2.95. The van der Waals surface area contributed by atoms with Crippen molar-refractivity contribution in [2.24, 2.45) is 23.5 Å². The molecule has 0 aromatic carbocycles. The molecule has 100 valence electrons. The maximum Gasteiger partial charge on any atom is 0.0495 e. The summed E-state index contributed by atoms with van der Waals surface area (Å²) in [6.07, 6.45) is 5.24. The monoisotopic (exact) mass is 260 g/mol. The van der Waals surface area contributed by atoms with Gasteiger partial charge in [0.25, 0.3) is 0 Å². The molecule has 2 aliphatic heterocycles. The molecule has 4 unspecified atom stereocenters. The molecule has 17 heavy (non-hydrogen) atoms. The van der Waals surface area contributed by atoms with E-state index in [9.17, 15) is 0 Å². The second kappa shape index (κ2) is 5.87. The average Bonchev–Trinajstić information content (AvgIpc) is 2.95. The smallest absolute Gasteiger partial charge is 0.0495 e. The zero-order valence-electron chi connectivity index (χ0n) is 10.5. The number of hydrogen-bond acceptors (Lipinski definition) is 3. The molecule has 0 bridgehead atoms. The van der Waals surface area contributed by atoms with Crippen molar-refractivity contribution in [3.05, 3.63) is 0 Å². The summed E-state index contributed by atoms with van der Waals surface area (Å²) in [4.78, 5) is 2.65. The number of fused-ring (bicyclic) bond motifs is 1. The zero-order chi connectivity index (χ0) is 11.0. The molecule has 0 aromatic rings. The highest BCUT2D eigenvalue weighted by atomic mass is 35.5. The Morgan fingerprint density at radius 1 is 1.18 bits per heavy atom. The van der Waals surface area contributed by atoms with Gasteiger partial charge in [-0.25, -0.2) is 0 Å². The molecular weight excluding hydrogens is 236 g/mol. The lowest BCUT2D eigenvalue weighted by Crippen LogP contribution is -2.31. The Labute approximate surface area is 110 Å². The third-order valence-corrected chi connectivity index (χ3v) is 4.87. The molecule has 2 saturated heterocycles. The van der Waals surface area contributed by atoms with Crippen molar-refractivity contribution < 1.29 is 4.74 Å². The maximum absolute atomic E-state index is 6.15. The van der Waals surface area contributed by atoms with E-state index in [0.29, 0.717) is 6.04 Å². The van der Waals surface area contributed by atoms with Crippen LogP contribution in [0, 0.1) is 17.8 Å². The second-order valence-electron chi connectivity index (χ2n) is 5.94. The first-order valence-corrected chi connectivity index (χ1v) is 6.88. The van der Waals surface area contributed by atoms with E-state index in [2.05, 4.69) is 4.90 Å². The van der Waals surface area contributed by atoms with Crippen LogP contribution < -0.4 is 5.73 Å². The fourth-order valence-corrected chi connectivity index (χ4v) is 3.76. The summed E-state index contributed by atoms with van der Waals surface area (Å²) in [6.45, 7) is 5.83. The van der Waals surface area contributed by atoms with Crippen LogP contribution >= 0.6 is 12.4 Å². The third-order valence-electron chi connectivity index (χ3n) is 4.87. The van der Waals surface area contributed by atoms with Gasteiger partial charge in [0.1, 0.15) is 0 Å². The molecule has 4 heteroatoms. The highest BCUT2D eigenvalue weighted by Crippen LogP contribution is 2.37. The quantitative estimate of drug-likeness (QED) is 0.836. The molecule has 0 radical (unpaired) electrons. The van der Waals surface area contributed by atoms with Gasteiger partial charge < -0.3 is 15.4 Å². The van der Waals surface area contributed by atoms with E-state index in [4.69, 9.17) is 10.5 Å². The van der Waals surface area contributed by atoms with Crippen LogP contribution in [0.4, 0.5) is 0 Å². The minimum Gasteiger partial charge on any atom is -0.381 e. The highest BCUT2D eigenvalue weighted by Gasteiger charge is 2.40. The molecule has 0 spiro atoms. The van der Waals surface area contributed by atoms with E-state index in [-0.39, 0.29) is 12.4 Å². The van der Waals surface area contributed by atoms with Crippen LogP contribution in [0.1, 0.15) is 25.7 Å². The number of likely N-dealkylation sites (tertiary alicyclic amines) is 1. The molecule has 1 aliphatic carbocycles. The number of ether oxygens (including phenoxy) is 1. The van der Waals surface area contributed by atoms with E-state index in [0.717, 1.165) is 31.0 Å². The van der Waals surface area contributed by atoms with Crippen molar-refractivity contribution in [2.45, 2.75) is 31.7 Å². The summed E-state index contributed by atoms with van der Waals surface area (Å²) < 4.78 is 5.43. The molecule has 0 aromatic heterocycles. The first kappa shape index (κ1) is 13.6. The summed E-state index contributed by atoms with van der Waals surface area (Å²) in [5.74, 6) is 2.55. The molecule has 2 heterocycles. The second-order valence-corrected chi connectivity index (χ2v) is 5.94. The van der Waals surface area contributed by atoms with E-state index in [1.54, 1.807) is 0 Å². The number of nitrogens with two attached hydrogens (primary N) is 1. The van der Waals surface area contributed by atoms with Gasteiger partial charge in [-0.1, -0.05) is 0 Å². The summed E-state index contributed by atoms with van der Waals surface area (Å²) in [7, 11) is 0. The van der Waals surface area contributed by atoms with Crippen LogP contribution in [0.25, 0.3) is 0 Å². The Morgan fingerprint density at radius 2 is 2.06 bits per heavy atom. The van der Waals surface area contributed by atoms with Crippen LogP contribution in [0.5, 0.6) is 0 Å². The van der Waals surface area contributed by atoms with Gasteiger partial charge in [0.15, 0.2) is 0 Å². The Balaban J connectivity index is 0.00000108. The molecule has 4 atom stereocenters. The van der Waals surface area contributed by atoms with Gasteiger partial charge in [-0.05, 0) is 50.0 Å². The normalized spacial score (nSPS) is 41.5.